The van der Waals surface area contributed by atoms with Gasteiger partial charge in [0.1, 0.15) is 6.04 Å². The quantitative estimate of drug-likeness (QED) is 0.929. The summed E-state index contributed by atoms with van der Waals surface area (Å²) in [5, 5.41) is 10.6. The molecule has 0 aromatic carbocycles. The van der Waals surface area contributed by atoms with Gasteiger partial charge in [0.25, 0.3) is 0 Å². The van der Waals surface area contributed by atoms with Gasteiger partial charge in [-0.1, -0.05) is 6.92 Å². The Balaban J connectivity index is 1.73. The number of piperidine rings is 1. The number of rotatable bonds is 4. The first-order chi connectivity index (χ1) is 10.2. The molecule has 1 aliphatic heterocycles. The molecule has 5 heteroatoms. The smallest absolute Gasteiger partial charge is 0.320 e. The molecule has 0 amide bonds. The molecule has 4 nitrogen and oxygen atoms in total. The van der Waals surface area contributed by atoms with Crippen molar-refractivity contribution in [3.63, 3.8) is 0 Å². The first kappa shape index (κ1) is 15.0. The van der Waals surface area contributed by atoms with Crippen molar-refractivity contribution in [2.45, 2.75) is 63.8 Å². The SMILES string of the molecule is CCC(C(=O)O)N1CCCC(c2nc3c(s2)CCCC3)C1. The number of carboxylic acid groups (broad SMARTS) is 1. The predicted molar refractivity (Wildman–Crippen MR) is 84.0 cm³/mol. The van der Waals surface area contributed by atoms with Crippen molar-refractivity contribution in [2.75, 3.05) is 13.1 Å². The van der Waals surface area contributed by atoms with E-state index >= 15 is 0 Å². The van der Waals surface area contributed by atoms with E-state index in [0.29, 0.717) is 12.3 Å². The number of carbonyl (C=O) groups is 1. The van der Waals surface area contributed by atoms with Crippen molar-refractivity contribution in [1.82, 2.24) is 9.88 Å². The van der Waals surface area contributed by atoms with Gasteiger partial charge in [0.2, 0.25) is 0 Å². The van der Waals surface area contributed by atoms with Crippen LogP contribution in [0.5, 0.6) is 0 Å². The molecule has 1 N–H and O–H groups in total. The summed E-state index contributed by atoms with van der Waals surface area (Å²) in [6, 6.07) is -0.331. The molecule has 1 aliphatic carbocycles. The predicted octanol–water partition coefficient (Wildman–Crippen LogP) is 3.06. The van der Waals surface area contributed by atoms with E-state index < -0.39 is 5.97 Å². The molecule has 0 saturated carbocycles. The standard InChI is InChI=1S/C16H24N2O2S/c1-2-13(16(19)20)18-9-5-6-11(10-18)15-17-12-7-3-4-8-14(12)21-15/h11,13H,2-10H2,1H3,(H,19,20). The largest absolute Gasteiger partial charge is 0.480 e. The van der Waals surface area contributed by atoms with E-state index in [9.17, 15) is 9.90 Å². The van der Waals surface area contributed by atoms with E-state index in [1.807, 2.05) is 18.3 Å². The van der Waals surface area contributed by atoms with Gasteiger partial charge in [-0.05, 0) is 51.5 Å². The normalized spacial score (nSPS) is 24.5. The van der Waals surface area contributed by atoms with Crippen LogP contribution in [0.3, 0.4) is 0 Å². The summed E-state index contributed by atoms with van der Waals surface area (Å²) in [6.07, 6.45) is 7.80. The van der Waals surface area contributed by atoms with Crippen LogP contribution >= 0.6 is 11.3 Å². The second-order valence-corrected chi connectivity index (χ2v) is 7.34. The number of carboxylic acids is 1. The molecule has 116 valence electrons. The van der Waals surface area contributed by atoms with Gasteiger partial charge >= 0.3 is 5.97 Å². The number of aliphatic carboxylic acids is 1. The second-order valence-electron chi connectivity index (χ2n) is 6.23. The molecule has 2 atom stereocenters. The lowest BCUT2D eigenvalue weighted by Gasteiger charge is -2.35. The van der Waals surface area contributed by atoms with Gasteiger partial charge in [-0.3, -0.25) is 9.69 Å². The highest BCUT2D eigenvalue weighted by Crippen LogP contribution is 2.35. The van der Waals surface area contributed by atoms with E-state index in [2.05, 4.69) is 4.90 Å². The van der Waals surface area contributed by atoms with Gasteiger partial charge in [-0.2, -0.15) is 0 Å². The van der Waals surface area contributed by atoms with Gasteiger partial charge in [-0.25, -0.2) is 4.98 Å². The molecular weight excluding hydrogens is 284 g/mol. The van der Waals surface area contributed by atoms with E-state index in [1.54, 1.807) is 0 Å². The number of fused-ring (bicyclic) bond motifs is 1. The third kappa shape index (κ3) is 3.14. The third-order valence-electron chi connectivity index (χ3n) is 4.78. The summed E-state index contributed by atoms with van der Waals surface area (Å²) < 4.78 is 0. The van der Waals surface area contributed by atoms with Crippen molar-refractivity contribution in [3.8, 4) is 0 Å². The van der Waals surface area contributed by atoms with Crippen molar-refractivity contribution >= 4 is 17.3 Å². The molecule has 1 saturated heterocycles. The van der Waals surface area contributed by atoms with Crippen molar-refractivity contribution in [1.29, 1.82) is 0 Å². The van der Waals surface area contributed by atoms with E-state index in [1.165, 1.54) is 34.8 Å². The lowest BCUT2D eigenvalue weighted by molar-refractivity contribution is -0.144. The number of likely N-dealkylation sites (tertiary alicyclic amines) is 1. The number of hydrogen-bond acceptors (Lipinski definition) is 4. The minimum atomic E-state index is -0.684. The first-order valence-corrected chi connectivity index (χ1v) is 8.96. The molecule has 1 fully saturated rings. The molecular formula is C16H24N2O2S. The molecule has 2 heterocycles. The van der Waals surface area contributed by atoms with Gasteiger partial charge in [0.15, 0.2) is 0 Å². The Morgan fingerprint density at radius 2 is 2.24 bits per heavy atom. The monoisotopic (exact) mass is 308 g/mol. The lowest BCUT2D eigenvalue weighted by atomic mass is 9.96. The van der Waals surface area contributed by atoms with Crippen LogP contribution in [0.15, 0.2) is 0 Å². The third-order valence-corrected chi connectivity index (χ3v) is 6.10. The highest BCUT2D eigenvalue weighted by Gasteiger charge is 2.31. The molecule has 0 radical (unpaired) electrons. The van der Waals surface area contributed by atoms with Crippen LogP contribution in [0.4, 0.5) is 0 Å². The van der Waals surface area contributed by atoms with Crippen LogP contribution in [0.25, 0.3) is 0 Å². The molecule has 0 spiro atoms. The molecule has 3 rings (SSSR count). The zero-order valence-electron chi connectivity index (χ0n) is 12.7. The summed E-state index contributed by atoms with van der Waals surface area (Å²) in [6.45, 7) is 3.73. The summed E-state index contributed by atoms with van der Waals surface area (Å²) >= 11 is 1.89. The fourth-order valence-electron chi connectivity index (χ4n) is 3.63. The Bertz CT molecular complexity index is 491. The second kappa shape index (κ2) is 6.44. The topological polar surface area (TPSA) is 53.4 Å². The van der Waals surface area contributed by atoms with E-state index in [4.69, 9.17) is 4.98 Å². The minimum Gasteiger partial charge on any atom is -0.480 e. The van der Waals surface area contributed by atoms with Crippen LogP contribution in [0.1, 0.15) is 60.5 Å². The van der Waals surface area contributed by atoms with Crippen LogP contribution < -0.4 is 0 Å². The van der Waals surface area contributed by atoms with Crippen LogP contribution in [0.2, 0.25) is 0 Å². The number of nitrogens with zero attached hydrogens (tertiary/aromatic N) is 2. The zero-order valence-corrected chi connectivity index (χ0v) is 13.5. The summed E-state index contributed by atoms with van der Waals surface area (Å²) in [5.74, 6) is -0.251. The van der Waals surface area contributed by atoms with Gasteiger partial charge in [-0.15, -0.1) is 11.3 Å². The Kier molecular flexibility index (Phi) is 4.60. The van der Waals surface area contributed by atoms with Crippen LogP contribution in [0, 0.1) is 0 Å². The number of thiazole rings is 1. The molecule has 2 unspecified atom stereocenters. The first-order valence-electron chi connectivity index (χ1n) is 8.14. The molecule has 0 bridgehead atoms. The Morgan fingerprint density at radius 1 is 1.43 bits per heavy atom. The van der Waals surface area contributed by atoms with Crippen molar-refractivity contribution in [3.05, 3.63) is 15.6 Å². The van der Waals surface area contributed by atoms with E-state index in [0.717, 1.165) is 32.4 Å². The van der Waals surface area contributed by atoms with Crippen molar-refractivity contribution in [2.24, 2.45) is 0 Å². The van der Waals surface area contributed by atoms with Gasteiger partial charge in [0.05, 0.1) is 10.7 Å². The Hall–Kier alpha value is -0.940. The summed E-state index contributed by atoms with van der Waals surface area (Å²) in [4.78, 5) is 19.9. The maximum Gasteiger partial charge on any atom is 0.320 e. The zero-order chi connectivity index (χ0) is 14.8. The highest BCUT2D eigenvalue weighted by atomic mass is 32.1. The molecule has 1 aromatic rings. The number of aryl methyl sites for hydroxylation is 2. The van der Waals surface area contributed by atoms with Gasteiger partial charge < -0.3 is 5.11 Å². The van der Waals surface area contributed by atoms with Crippen molar-refractivity contribution < 1.29 is 9.90 Å². The number of aromatic nitrogens is 1. The lowest BCUT2D eigenvalue weighted by Crippen LogP contribution is -2.45. The Labute approximate surface area is 130 Å². The average Bonchev–Trinajstić information content (AvgIpc) is 2.92. The molecule has 2 aliphatic rings. The summed E-state index contributed by atoms with van der Waals surface area (Å²) in [5.41, 5.74) is 1.32. The fourth-order valence-corrected chi connectivity index (χ4v) is 4.91. The Morgan fingerprint density at radius 3 is 2.95 bits per heavy atom. The molecule has 21 heavy (non-hydrogen) atoms. The highest BCUT2D eigenvalue weighted by molar-refractivity contribution is 7.11. The molecule has 1 aromatic heterocycles. The maximum atomic E-state index is 11.4. The fraction of sp³-hybridized carbons (Fsp3) is 0.750. The van der Waals surface area contributed by atoms with Crippen LogP contribution in [-0.4, -0.2) is 40.1 Å². The maximum absolute atomic E-state index is 11.4. The minimum absolute atomic E-state index is 0.331. The summed E-state index contributed by atoms with van der Waals surface area (Å²) in [7, 11) is 0. The van der Waals surface area contributed by atoms with Crippen LogP contribution in [-0.2, 0) is 17.6 Å². The van der Waals surface area contributed by atoms with Gasteiger partial charge in [0, 0.05) is 17.3 Å². The average molecular weight is 308 g/mol. The van der Waals surface area contributed by atoms with E-state index in [-0.39, 0.29) is 6.04 Å². The number of hydrogen-bond donors (Lipinski definition) is 1.